The number of benzene rings is 2. The van der Waals surface area contributed by atoms with Crippen LogP contribution in [-0.2, 0) is 0 Å². The van der Waals surface area contributed by atoms with E-state index in [0.717, 1.165) is 11.1 Å². The van der Waals surface area contributed by atoms with Gasteiger partial charge in [-0.2, -0.15) is 0 Å². The zero-order valence-electron chi connectivity index (χ0n) is 10.6. The number of methoxy groups -OCH3 is 2. The van der Waals surface area contributed by atoms with Crippen LogP contribution in [0.25, 0.3) is 11.1 Å². The summed E-state index contributed by atoms with van der Waals surface area (Å²) in [6.45, 7) is 0. The van der Waals surface area contributed by atoms with Crippen LogP contribution >= 0.6 is 11.6 Å². The van der Waals surface area contributed by atoms with Gasteiger partial charge in [0.1, 0.15) is 0 Å². The second-order valence-corrected chi connectivity index (χ2v) is 4.23. The molecule has 0 fully saturated rings. The van der Waals surface area contributed by atoms with Crippen molar-refractivity contribution in [2.75, 3.05) is 14.2 Å². The molecule has 0 aliphatic carbocycles. The first-order valence-corrected chi connectivity index (χ1v) is 6.06. The Bertz CT molecular complexity index is 608. The van der Waals surface area contributed by atoms with E-state index in [-0.39, 0.29) is 0 Å². The van der Waals surface area contributed by atoms with E-state index in [2.05, 4.69) is 0 Å². The summed E-state index contributed by atoms with van der Waals surface area (Å²) in [5.41, 5.74) is 2.09. The third kappa shape index (κ3) is 2.71. The normalized spacial score (nSPS) is 10.1. The maximum absolute atomic E-state index is 11.4. The quantitative estimate of drug-likeness (QED) is 0.798. The summed E-state index contributed by atoms with van der Waals surface area (Å²) in [4.78, 5) is 11.4. The van der Waals surface area contributed by atoms with Crippen LogP contribution in [0.5, 0.6) is 11.5 Å². The van der Waals surface area contributed by atoms with E-state index in [1.165, 1.54) is 0 Å². The van der Waals surface area contributed by atoms with E-state index in [9.17, 15) is 4.79 Å². The molecule has 0 unspecified atom stereocenters. The zero-order chi connectivity index (χ0) is 13.8. The molecule has 2 rings (SSSR count). The van der Waals surface area contributed by atoms with Crippen LogP contribution in [0.1, 0.15) is 10.4 Å². The summed E-state index contributed by atoms with van der Waals surface area (Å²) in [6, 6.07) is 12.6. The van der Waals surface area contributed by atoms with Crippen LogP contribution in [-0.4, -0.2) is 19.5 Å². The molecule has 0 N–H and O–H groups in total. The monoisotopic (exact) mass is 276 g/mol. The molecule has 3 nitrogen and oxygen atoms in total. The summed E-state index contributed by atoms with van der Waals surface area (Å²) in [6.07, 6.45) is 0. The smallest absolute Gasteiger partial charge is 0.253 e. The van der Waals surface area contributed by atoms with Gasteiger partial charge in [0.05, 0.1) is 14.2 Å². The van der Waals surface area contributed by atoms with Crippen molar-refractivity contribution in [3.05, 3.63) is 48.0 Å². The minimum Gasteiger partial charge on any atom is -0.493 e. The average Bonchev–Trinajstić information content (AvgIpc) is 2.46. The van der Waals surface area contributed by atoms with Crippen LogP contribution in [0.15, 0.2) is 42.5 Å². The molecule has 0 radical (unpaired) electrons. The molecule has 2 aromatic carbocycles. The number of carbonyl (C=O) groups is 1. The van der Waals surface area contributed by atoms with Crippen molar-refractivity contribution >= 4 is 16.8 Å². The lowest BCUT2D eigenvalue weighted by molar-refractivity contribution is 0.108. The molecule has 0 amide bonds. The fourth-order valence-corrected chi connectivity index (χ4v) is 2.07. The maximum Gasteiger partial charge on any atom is 0.253 e. The Morgan fingerprint density at radius 1 is 1.00 bits per heavy atom. The van der Waals surface area contributed by atoms with E-state index in [0.29, 0.717) is 17.1 Å². The molecule has 19 heavy (non-hydrogen) atoms. The molecule has 4 heteroatoms. The molecule has 0 aromatic heterocycles. The summed E-state index contributed by atoms with van der Waals surface area (Å²) in [5, 5.41) is -0.481. The van der Waals surface area contributed by atoms with Gasteiger partial charge in [0.2, 0.25) is 0 Å². The number of hydrogen-bond donors (Lipinski definition) is 0. The number of ether oxygens (including phenoxy) is 2. The summed E-state index contributed by atoms with van der Waals surface area (Å²) < 4.78 is 10.4. The molecule has 0 bridgehead atoms. The second-order valence-electron chi connectivity index (χ2n) is 3.89. The third-order valence-electron chi connectivity index (χ3n) is 2.83. The fourth-order valence-electron chi connectivity index (χ4n) is 1.91. The lowest BCUT2D eigenvalue weighted by atomic mass is 10.00. The lowest BCUT2D eigenvalue weighted by Crippen LogP contribution is -1.95. The maximum atomic E-state index is 11.4. The van der Waals surface area contributed by atoms with Crippen LogP contribution in [0, 0.1) is 0 Å². The minimum atomic E-state index is -0.481. The largest absolute Gasteiger partial charge is 0.493 e. The highest BCUT2D eigenvalue weighted by Crippen LogP contribution is 2.33. The predicted octanol–water partition coefficient (Wildman–Crippen LogP) is 3.75. The molecule has 0 saturated carbocycles. The Hall–Kier alpha value is -2.00. The van der Waals surface area contributed by atoms with Crippen LogP contribution in [0.4, 0.5) is 0 Å². The first-order valence-electron chi connectivity index (χ1n) is 5.68. The van der Waals surface area contributed by atoms with Gasteiger partial charge in [-0.05, 0) is 40.9 Å². The van der Waals surface area contributed by atoms with Gasteiger partial charge in [-0.1, -0.05) is 24.3 Å². The SMILES string of the molecule is COc1ccc(-c2ccccc2C(=O)Cl)cc1OC. The Morgan fingerprint density at radius 2 is 1.68 bits per heavy atom. The number of halogens is 1. The highest BCUT2D eigenvalue weighted by molar-refractivity contribution is 6.68. The summed E-state index contributed by atoms with van der Waals surface area (Å²) in [7, 11) is 3.15. The molecule has 0 saturated heterocycles. The second kappa shape index (κ2) is 5.76. The third-order valence-corrected chi connectivity index (χ3v) is 3.04. The van der Waals surface area contributed by atoms with Crippen molar-refractivity contribution in [1.82, 2.24) is 0 Å². The topological polar surface area (TPSA) is 35.5 Å². The Labute approximate surface area is 116 Å². The van der Waals surface area contributed by atoms with Gasteiger partial charge in [-0.25, -0.2) is 0 Å². The van der Waals surface area contributed by atoms with E-state index in [1.807, 2.05) is 24.3 Å². The summed E-state index contributed by atoms with van der Waals surface area (Å²) >= 11 is 5.60. The highest BCUT2D eigenvalue weighted by Gasteiger charge is 2.12. The van der Waals surface area contributed by atoms with Gasteiger partial charge in [-0.3, -0.25) is 4.79 Å². The highest BCUT2D eigenvalue weighted by atomic mass is 35.5. The van der Waals surface area contributed by atoms with E-state index in [1.54, 1.807) is 32.4 Å². The minimum absolute atomic E-state index is 0.469. The lowest BCUT2D eigenvalue weighted by Gasteiger charge is -2.11. The Kier molecular flexibility index (Phi) is 4.07. The Morgan fingerprint density at radius 3 is 2.32 bits per heavy atom. The molecule has 0 atom stereocenters. The molecular formula is C15H13ClO3. The van der Waals surface area contributed by atoms with E-state index in [4.69, 9.17) is 21.1 Å². The van der Waals surface area contributed by atoms with Crippen LogP contribution in [0.3, 0.4) is 0 Å². The Balaban J connectivity index is 2.56. The summed E-state index contributed by atoms with van der Waals surface area (Å²) in [5.74, 6) is 1.25. The number of carbonyl (C=O) groups excluding carboxylic acids is 1. The van der Waals surface area contributed by atoms with Gasteiger partial charge < -0.3 is 9.47 Å². The van der Waals surface area contributed by atoms with Gasteiger partial charge in [0, 0.05) is 5.56 Å². The van der Waals surface area contributed by atoms with Crippen molar-refractivity contribution in [2.45, 2.75) is 0 Å². The molecule has 2 aromatic rings. The van der Waals surface area contributed by atoms with Gasteiger partial charge in [0.25, 0.3) is 5.24 Å². The van der Waals surface area contributed by atoms with E-state index >= 15 is 0 Å². The van der Waals surface area contributed by atoms with Crippen molar-refractivity contribution in [3.63, 3.8) is 0 Å². The van der Waals surface area contributed by atoms with E-state index < -0.39 is 5.24 Å². The molecule has 0 aliphatic rings. The standard InChI is InChI=1S/C15H13ClO3/c1-18-13-8-7-10(9-14(13)19-2)11-5-3-4-6-12(11)15(16)17/h3-9H,1-2H3. The average molecular weight is 277 g/mol. The predicted molar refractivity (Wildman–Crippen MR) is 75.2 cm³/mol. The molecule has 0 heterocycles. The van der Waals surface area contributed by atoms with Gasteiger partial charge in [0.15, 0.2) is 11.5 Å². The molecule has 0 aliphatic heterocycles. The van der Waals surface area contributed by atoms with Gasteiger partial charge in [-0.15, -0.1) is 0 Å². The van der Waals surface area contributed by atoms with Crippen LogP contribution < -0.4 is 9.47 Å². The van der Waals surface area contributed by atoms with Crippen LogP contribution in [0.2, 0.25) is 0 Å². The van der Waals surface area contributed by atoms with Gasteiger partial charge >= 0.3 is 0 Å². The van der Waals surface area contributed by atoms with Crippen molar-refractivity contribution in [1.29, 1.82) is 0 Å². The van der Waals surface area contributed by atoms with Crippen molar-refractivity contribution in [2.24, 2.45) is 0 Å². The zero-order valence-corrected chi connectivity index (χ0v) is 11.4. The first kappa shape index (κ1) is 13.4. The number of rotatable bonds is 4. The first-order chi connectivity index (χ1) is 9.17. The van der Waals surface area contributed by atoms with Crippen molar-refractivity contribution < 1.29 is 14.3 Å². The van der Waals surface area contributed by atoms with Crippen molar-refractivity contribution in [3.8, 4) is 22.6 Å². The molecular weight excluding hydrogens is 264 g/mol. The fraction of sp³-hybridized carbons (Fsp3) is 0.133. The molecule has 0 spiro atoms. The number of hydrogen-bond acceptors (Lipinski definition) is 3. The molecule has 98 valence electrons.